The van der Waals surface area contributed by atoms with Crippen molar-refractivity contribution in [2.24, 2.45) is 0 Å². The van der Waals surface area contributed by atoms with E-state index >= 15 is 0 Å². The van der Waals surface area contributed by atoms with Gasteiger partial charge >= 0.3 is 5.97 Å². The predicted octanol–water partition coefficient (Wildman–Crippen LogP) is 0.676. The maximum Gasteiger partial charge on any atom is 0.302 e. The van der Waals surface area contributed by atoms with Gasteiger partial charge in [0.1, 0.15) is 18.9 Å². The van der Waals surface area contributed by atoms with Gasteiger partial charge < -0.3 is 9.47 Å². The van der Waals surface area contributed by atoms with Crippen molar-refractivity contribution in [2.45, 2.75) is 25.6 Å². The van der Waals surface area contributed by atoms with Crippen LogP contribution in [0.25, 0.3) is 0 Å². The van der Waals surface area contributed by atoms with Gasteiger partial charge in [0.25, 0.3) is 0 Å². The van der Waals surface area contributed by atoms with Gasteiger partial charge in [-0.2, -0.15) is 0 Å². The van der Waals surface area contributed by atoms with Crippen molar-refractivity contribution in [1.29, 1.82) is 0 Å². The number of rotatable bonds is 2. The van der Waals surface area contributed by atoms with Gasteiger partial charge in [0.05, 0.1) is 6.61 Å². The molecule has 0 saturated carbocycles. The van der Waals surface area contributed by atoms with Crippen LogP contribution in [0.5, 0.6) is 0 Å². The van der Waals surface area contributed by atoms with Crippen LogP contribution in [-0.2, 0) is 14.3 Å². The maximum atomic E-state index is 12.1. The third-order valence-corrected chi connectivity index (χ3v) is 1.62. The van der Waals surface area contributed by atoms with Crippen LogP contribution < -0.4 is 0 Å². The molecule has 0 aliphatic carbocycles. The summed E-state index contributed by atoms with van der Waals surface area (Å²) in [5.74, 6) is -0.376. The Balaban J connectivity index is 2.37. The molecule has 1 aliphatic rings. The summed E-state index contributed by atoms with van der Waals surface area (Å²) in [6, 6.07) is 0. The van der Waals surface area contributed by atoms with Crippen LogP contribution >= 0.6 is 0 Å². The van der Waals surface area contributed by atoms with Crippen LogP contribution in [0.15, 0.2) is 0 Å². The standard InChI is InChI=1S/C7H11FO3/c1-5(9)11-6-2-3-10-7(6)4-8/h6-7H,2-4H2,1H3. The van der Waals surface area contributed by atoms with Crippen molar-refractivity contribution >= 4 is 5.97 Å². The van der Waals surface area contributed by atoms with E-state index in [1.165, 1.54) is 6.92 Å². The van der Waals surface area contributed by atoms with Crippen LogP contribution in [0.1, 0.15) is 13.3 Å². The second-order valence-electron chi connectivity index (χ2n) is 2.50. The van der Waals surface area contributed by atoms with Crippen LogP contribution in [0.2, 0.25) is 0 Å². The number of halogens is 1. The second-order valence-corrected chi connectivity index (χ2v) is 2.50. The summed E-state index contributed by atoms with van der Waals surface area (Å²) in [4.78, 5) is 10.5. The number of carbonyl (C=O) groups excluding carboxylic acids is 1. The minimum atomic E-state index is -0.585. The zero-order chi connectivity index (χ0) is 8.27. The minimum Gasteiger partial charge on any atom is -0.460 e. The molecule has 2 unspecified atom stereocenters. The highest BCUT2D eigenvalue weighted by Crippen LogP contribution is 2.17. The topological polar surface area (TPSA) is 35.5 Å². The summed E-state index contributed by atoms with van der Waals surface area (Å²) in [7, 11) is 0. The Morgan fingerprint density at radius 2 is 2.55 bits per heavy atom. The molecule has 1 fully saturated rings. The van der Waals surface area contributed by atoms with E-state index in [4.69, 9.17) is 9.47 Å². The van der Waals surface area contributed by atoms with E-state index in [0.29, 0.717) is 13.0 Å². The molecule has 1 heterocycles. The fourth-order valence-corrected chi connectivity index (χ4v) is 1.12. The number of esters is 1. The van der Waals surface area contributed by atoms with Gasteiger partial charge in [-0.1, -0.05) is 0 Å². The van der Waals surface area contributed by atoms with Gasteiger partial charge in [-0.05, 0) is 0 Å². The number of alkyl halides is 1. The van der Waals surface area contributed by atoms with Gasteiger partial charge in [-0.25, -0.2) is 4.39 Å². The Kier molecular flexibility index (Phi) is 2.82. The molecule has 0 amide bonds. The second kappa shape index (κ2) is 3.67. The lowest BCUT2D eigenvalue weighted by molar-refractivity contribution is -0.149. The summed E-state index contributed by atoms with van der Waals surface area (Å²) < 4.78 is 21.9. The molecule has 0 N–H and O–H groups in total. The summed E-state index contributed by atoms with van der Waals surface area (Å²) in [5.41, 5.74) is 0. The molecule has 0 aromatic carbocycles. The fourth-order valence-electron chi connectivity index (χ4n) is 1.12. The Bertz CT molecular complexity index is 149. The lowest BCUT2D eigenvalue weighted by Crippen LogP contribution is -2.27. The fraction of sp³-hybridized carbons (Fsp3) is 0.857. The quantitative estimate of drug-likeness (QED) is 0.560. The van der Waals surface area contributed by atoms with Crippen molar-refractivity contribution in [2.75, 3.05) is 13.3 Å². The van der Waals surface area contributed by atoms with Gasteiger partial charge in [-0.15, -0.1) is 0 Å². The largest absolute Gasteiger partial charge is 0.460 e. The number of carbonyl (C=O) groups is 1. The third kappa shape index (κ3) is 2.15. The molecule has 1 saturated heterocycles. The smallest absolute Gasteiger partial charge is 0.302 e. The average Bonchev–Trinajstić information content (AvgIpc) is 2.34. The van der Waals surface area contributed by atoms with Crippen molar-refractivity contribution in [3.63, 3.8) is 0 Å². The summed E-state index contributed by atoms with van der Waals surface area (Å²) >= 11 is 0. The molecule has 0 aromatic rings. The van der Waals surface area contributed by atoms with Crippen molar-refractivity contribution < 1.29 is 18.7 Å². The summed E-state index contributed by atoms with van der Waals surface area (Å²) in [6.07, 6.45) is -0.315. The van der Waals surface area contributed by atoms with Gasteiger partial charge in [0, 0.05) is 13.3 Å². The van der Waals surface area contributed by atoms with Crippen molar-refractivity contribution in [3.05, 3.63) is 0 Å². The molecule has 3 nitrogen and oxygen atoms in total. The molecule has 1 aliphatic heterocycles. The zero-order valence-corrected chi connectivity index (χ0v) is 6.38. The molecule has 11 heavy (non-hydrogen) atoms. The highest BCUT2D eigenvalue weighted by Gasteiger charge is 2.30. The predicted molar refractivity (Wildman–Crippen MR) is 35.9 cm³/mol. The van der Waals surface area contributed by atoms with Crippen LogP contribution in [0, 0.1) is 0 Å². The lowest BCUT2D eigenvalue weighted by atomic mass is 10.2. The first-order chi connectivity index (χ1) is 5.24. The number of hydrogen-bond acceptors (Lipinski definition) is 3. The van der Waals surface area contributed by atoms with Crippen LogP contribution in [0.4, 0.5) is 4.39 Å². The monoisotopic (exact) mass is 162 g/mol. The van der Waals surface area contributed by atoms with Crippen molar-refractivity contribution in [3.8, 4) is 0 Å². The van der Waals surface area contributed by atoms with E-state index in [0.717, 1.165) is 0 Å². The molecule has 0 radical (unpaired) electrons. The van der Waals surface area contributed by atoms with E-state index in [-0.39, 0.29) is 12.1 Å². The Morgan fingerprint density at radius 3 is 3.09 bits per heavy atom. The Labute approximate surface area is 64.5 Å². The van der Waals surface area contributed by atoms with E-state index in [2.05, 4.69) is 0 Å². The van der Waals surface area contributed by atoms with E-state index in [1.807, 2.05) is 0 Å². The van der Waals surface area contributed by atoms with E-state index < -0.39 is 12.8 Å². The number of hydrogen-bond donors (Lipinski definition) is 0. The molecular formula is C7H11FO3. The first-order valence-corrected chi connectivity index (χ1v) is 3.59. The molecular weight excluding hydrogens is 151 g/mol. The average molecular weight is 162 g/mol. The molecule has 4 heteroatoms. The molecule has 64 valence electrons. The lowest BCUT2D eigenvalue weighted by Gasteiger charge is -2.14. The molecule has 0 spiro atoms. The first kappa shape index (κ1) is 8.46. The van der Waals surface area contributed by atoms with Gasteiger partial charge in [-0.3, -0.25) is 4.79 Å². The summed E-state index contributed by atoms with van der Waals surface area (Å²) in [6.45, 7) is 1.21. The normalized spacial score (nSPS) is 30.4. The molecule has 1 rings (SSSR count). The van der Waals surface area contributed by atoms with Crippen LogP contribution in [-0.4, -0.2) is 31.5 Å². The highest BCUT2D eigenvalue weighted by atomic mass is 19.1. The number of ether oxygens (including phenoxy) is 2. The van der Waals surface area contributed by atoms with Gasteiger partial charge in [0.15, 0.2) is 0 Å². The molecule has 2 atom stereocenters. The highest BCUT2D eigenvalue weighted by molar-refractivity contribution is 5.66. The maximum absolute atomic E-state index is 12.1. The first-order valence-electron chi connectivity index (χ1n) is 3.59. The van der Waals surface area contributed by atoms with E-state index in [9.17, 15) is 9.18 Å². The van der Waals surface area contributed by atoms with Crippen molar-refractivity contribution in [1.82, 2.24) is 0 Å². The Morgan fingerprint density at radius 1 is 1.82 bits per heavy atom. The van der Waals surface area contributed by atoms with Crippen LogP contribution in [0.3, 0.4) is 0 Å². The third-order valence-electron chi connectivity index (χ3n) is 1.62. The minimum absolute atomic E-state index is 0.376. The van der Waals surface area contributed by atoms with E-state index in [1.54, 1.807) is 0 Å². The summed E-state index contributed by atoms with van der Waals surface area (Å²) in [5, 5.41) is 0. The molecule has 0 aromatic heterocycles. The SMILES string of the molecule is CC(=O)OC1CCOC1CF. The Hall–Kier alpha value is -0.640. The molecule has 0 bridgehead atoms. The van der Waals surface area contributed by atoms with Gasteiger partial charge in [0.2, 0.25) is 0 Å². The zero-order valence-electron chi connectivity index (χ0n) is 6.38.